The number of nitro groups is 1. The van der Waals surface area contributed by atoms with Gasteiger partial charge in [-0.2, -0.15) is 5.10 Å². The topological polar surface area (TPSA) is 61.0 Å². The van der Waals surface area contributed by atoms with E-state index in [9.17, 15) is 10.1 Å². The summed E-state index contributed by atoms with van der Waals surface area (Å²) in [6, 6.07) is 14.7. The highest BCUT2D eigenvalue weighted by molar-refractivity contribution is 5.75. The molecular weight excluding hydrogens is 266 g/mol. The summed E-state index contributed by atoms with van der Waals surface area (Å²) in [6.07, 6.45) is 2.76. The van der Waals surface area contributed by atoms with Gasteiger partial charge in [-0.25, -0.2) is 4.68 Å². The molecule has 0 N–H and O–H groups in total. The number of hydrogen-bond acceptors (Lipinski definition) is 3. The zero-order valence-electron chi connectivity index (χ0n) is 11.1. The van der Waals surface area contributed by atoms with Gasteiger partial charge in [0.2, 0.25) is 0 Å². The predicted molar refractivity (Wildman–Crippen MR) is 78.5 cm³/mol. The maximum Gasteiger partial charge on any atom is 0.269 e. The lowest BCUT2D eigenvalue weighted by molar-refractivity contribution is -0.384. The van der Waals surface area contributed by atoms with Crippen molar-refractivity contribution >= 4 is 5.69 Å². The van der Waals surface area contributed by atoms with Gasteiger partial charge in [-0.3, -0.25) is 10.1 Å². The smallest absolute Gasteiger partial charge is 0.258 e. The van der Waals surface area contributed by atoms with Gasteiger partial charge in [0, 0.05) is 29.7 Å². The molecule has 0 spiro atoms. The molecule has 21 heavy (non-hydrogen) atoms. The quantitative estimate of drug-likeness (QED) is 0.417. The molecule has 3 aromatic rings. The molecule has 1 aliphatic carbocycles. The first kappa shape index (κ1) is 11.8. The highest BCUT2D eigenvalue weighted by Crippen LogP contribution is 2.37. The Labute approximate surface area is 120 Å². The molecule has 102 valence electrons. The number of nitro benzene ring substituents is 1. The van der Waals surface area contributed by atoms with E-state index >= 15 is 0 Å². The Morgan fingerprint density at radius 1 is 1.05 bits per heavy atom. The molecule has 1 aliphatic rings. The van der Waals surface area contributed by atoms with E-state index in [2.05, 4.69) is 17.2 Å². The fourth-order valence-electron chi connectivity index (χ4n) is 2.82. The van der Waals surface area contributed by atoms with E-state index < -0.39 is 4.92 Å². The molecule has 1 heterocycles. The first-order valence-electron chi connectivity index (χ1n) is 6.64. The van der Waals surface area contributed by atoms with E-state index in [0.717, 1.165) is 17.8 Å². The number of hydrogen-bond donors (Lipinski definition) is 0. The molecule has 1 aromatic heterocycles. The van der Waals surface area contributed by atoms with E-state index in [-0.39, 0.29) is 5.69 Å². The molecule has 4 rings (SSSR count). The van der Waals surface area contributed by atoms with Crippen LogP contribution in [0.1, 0.15) is 11.1 Å². The first-order chi connectivity index (χ1) is 10.2. The SMILES string of the molecule is O=[N+]([O-])c1ccc(-n2ncc3c2-c2ccccc2C3)cc1. The van der Waals surface area contributed by atoms with Gasteiger partial charge in [0.15, 0.2) is 0 Å². The van der Waals surface area contributed by atoms with Crippen LogP contribution in [-0.2, 0) is 6.42 Å². The van der Waals surface area contributed by atoms with Crippen molar-refractivity contribution in [1.82, 2.24) is 9.78 Å². The van der Waals surface area contributed by atoms with Crippen LogP contribution in [0.25, 0.3) is 16.9 Å². The number of benzene rings is 2. The van der Waals surface area contributed by atoms with E-state index in [0.29, 0.717) is 0 Å². The molecular formula is C16H11N3O2. The highest BCUT2D eigenvalue weighted by atomic mass is 16.6. The van der Waals surface area contributed by atoms with Crippen molar-refractivity contribution in [2.24, 2.45) is 0 Å². The van der Waals surface area contributed by atoms with Crippen LogP contribution in [0.5, 0.6) is 0 Å². The van der Waals surface area contributed by atoms with Crippen LogP contribution in [0, 0.1) is 10.1 Å². The van der Waals surface area contributed by atoms with Gasteiger partial charge >= 0.3 is 0 Å². The van der Waals surface area contributed by atoms with Gasteiger partial charge in [0.25, 0.3) is 5.69 Å². The summed E-state index contributed by atoms with van der Waals surface area (Å²) >= 11 is 0. The van der Waals surface area contributed by atoms with Crippen LogP contribution in [0.2, 0.25) is 0 Å². The fourth-order valence-corrected chi connectivity index (χ4v) is 2.82. The third kappa shape index (κ3) is 1.74. The van der Waals surface area contributed by atoms with Gasteiger partial charge in [0.05, 0.1) is 22.5 Å². The Hall–Kier alpha value is -2.95. The summed E-state index contributed by atoms with van der Waals surface area (Å²) < 4.78 is 1.85. The average Bonchev–Trinajstić information content (AvgIpc) is 3.06. The lowest BCUT2D eigenvalue weighted by Gasteiger charge is -2.07. The molecule has 0 bridgehead atoms. The van der Waals surface area contributed by atoms with E-state index in [1.54, 1.807) is 12.1 Å². The van der Waals surface area contributed by atoms with Crippen LogP contribution >= 0.6 is 0 Å². The second-order valence-electron chi connectivity index (χ2n) is 5.04. The maximum absolute atomic E-state index is 10.7. The van der Waals surface area contributed by atoms with E-state index in [1.807, 2.05) is 23.0 Å². The molecule has 0 fully saturated rings. The van der Waals surface area contributed by atoms with Crippen molar-refractivity contribution < 1.29 is 4.92 Å². The van der Waals surface area contributed by atoms with Crippen LogP contribution in [0.4, 0.5) is 5.69 Å². The molecule has 0 amide bonds. The molecule has 0 aliphatic heterocycles. The molecule has 0 saturated heterocycles. The molecule has 0 unspecified atom stereocenters. The fraction of sp³-hybridized carbons (Fsp3) is 0.0625. The zero-order valence-corrected chi connectivity index (χ0v) is 11.1. The third-order valence-corrected chi connectivity index (χ3v) is 3.80. The molecule has 5 heteroatoms. The van der Waals surface area contributed by atoms with Crippen LogP contribution in [0.15, 0.2) is 54.7 Å². The van der Waals surface area contributed by atoms with E-state index in [4.69, 9.17) is 0 Å². The summed E-state index contributed by atoms with van der Waals surface area (Å²) in [5.41, 5.74) is 5.67. The third-order valence-electron chi connectivity index (χ3n) is 3.80. The van der Waals surface area contributed by atoms with E-state index in [1.165, 1.54) is 28.8 Å². The van der Waals surface area contributed by atoms with Crippen molar-refractivity contribution in [2.45, 2.75) is 6.42 Å². The molecule has 2 aromatic carbocycles. The van der Waals surface area contributed by atoms with Gasteiger partial charge < -0.3 is 0 Å². The zero-order chi connectivity index (χ0) is 14.4. The summed E-state index contributed by atoms with van der Waals surface area (Å²) in [4.78, 5) is 10.3. The molecule has 5 nitrogen and oxygen atoms in total. The number of nitrogens with zero attached hydrogens (tertiary/aromatic N) is 3. The summed E-state index contributed by atoms with van der Waals surface area (Å²) in [5, 5.41) is 15.2. The number of aromatic nitrogens is 2. The normalized spacial score (nSPS) is 12.0. The Morgan fingerprint density at radius 2 is 1.81 bits per heavy atom. The monoisotopic (exact) mass is 277 g/mol. The Kier molecular flexibility index (Phi) is 2.41. The van der Waals surface area contributed by atoms with Crippen LogP contribution in [0.3, 0.4) is 0 Å². The lowest BCUT2D eigenvalue weighted by Crippen LogP contribution is -1.99. The minimum atomic E-state index is -0.396. The number of fused-ring (bicyclic) bond motifs is 3. The first-order valence-corrected chi connectivity index (χ1v) is 6.64. The number of non-ortho nitro benzene ring substituents is 1. The van der Waals surface area contributed by atoms with Gasteiger partial charge in [0.1, 0.15) is 0 Å². The Morgan fingerprint density at radius 3 is 2.57 bits per heavy atom. The van der Waals surface area contributed by atoms with Crippen LogP contribution in [-0.4, -0.2) is 14.7 Å². The van der Waals surface area contributed by atoms with Crippen LogP contribution < -0.4 is 0 Å². The standard InChI is InChI=1S/C16H11N3O2/c20-19(21)14-7-5-13(6-8-14)18-16-12(10-17-18)9-11-3-1-2-4-15(11)16/h1-8,10H,9H2. The average molecular weight is 277 g/mol. The Bertz CT molecular complexity index is 850. The molecule has 0 atom stereocenters. The van der Waals surface area contributed by atoms with Gasteiger partial charge in [-0.15, -0.1) is 0 Å². The lowest BCUT2D eigenvalue weighted by atomic mass is 10.1. The minimum absolute atomic E-state index is 0.0861. The molecule has 0 radical (unpaired) electrons. The summed E-state index contributed by atoms with van der Waals surface area (Å²) in [6.45, 7) is 0. The second kappa shape index (κ2) is 4.28. The molecule has 0 saturated carbocycles. The van der Waals surface area contributed by atoms with Gasteiger partial charge in [-0.05, 0) is 17.7 Å². The predicted octanol–water partition coefficient (Wildman–Crippen LogP) is 3.35. The van der Waals surface area contributed by atoms with Crippen molar-refractivity contribution in [1.29, 1.82) is 0 Å². The van der Waals surface area contributed by atoms with Crippen molar-refractivity contribution in [2.75, 3.05) is 0 Å². The van der Waals surface area contributed by atoms with Crippen molar-refractivity contribution in [3.8, 4) is 16.9 Å². The summed E-state index contributed by atoms with van der Waals surface area (Å²) in [7, 11) is 0. The van der Waals surface area contributed by atoms with Crippen molar-refractivity contribution in [3.05, 3.63) is 76.0 Å². The van der Waals surface area contributed by atoms with Gasteiger partial charge in [-0.1, -0.05) is 24.3 Å². The second-order valence-corrected chi connectivity index (χ2v) is 5.04. The van der Waals surface area contributed by atoms with Crippen molar-refractivity contribution in [3.63, 3.8) is 0 Å². The highest BCUT2D eigenvalue weighted by Gasteiger charge is 2.23. The summed E-state index contributed by atoms with van der Waals surface area (Å²) in [5.74, 6) is 0. The largest absolute Gasteiger partial charge is 0.269 e. The minimum Gasteiger partial charge on any atom is -0.258 e. The Balaban J connectivity index is 1.84. The maximum atomic E-state index is 10.7. The number of rotatable bonds is 2.